The number of benzene rings is 2. The van der Waals surface area contributed by atoms with Gasteiger partial charge in [-0.1, -0.05) is 18.2 Å². The Morgan fingerprint density at radius 2 is 1.79 bits per heavy atom. The lowest BCUT2D eigenvalue weighted by Gasteiger charge is -2.33. The van der Waals surface area contributed by atoms with E-state index in [-0.39, 0.29) is 18.0 Å². The summed E-state index contributed by atoms with van der Waals surface area (Å²) in [7, 11) is 1.54. The number of halogens is 2. The molecule has 0 spiro atoms. The Labute approximate surface area is 138 Å². The van der Waals surface area contributed by atoms with Crippen LogP contribution in [0.2, 0.25) is 0 Å². The van der Waals surface area contributed by atoms with Crippen LogP contribution in [0.3, 0.4) is 0 Å². The number of fused-ring (bicyclic) bond motifs is 1. The highest BCUT2D eigenvalue weighted by molar-refractivity contribution is 5.82. The van der Waals surface area contributed by atoms with Crippen molar-refractivity contribution in [3.63, 3.8) is 0 Å². The average molecular weight is 333 g/mol. The smallest absolute Gasteiger partial charge is 0.267 e. The summed E-state index contributed by atoms with van der Waals surface area (Å²) in [5.41, 5.74) is 0.233. The fourth-order valence-corrected chi connectivity index (χ4v) is 2.59. The molecule has 0 saturated carbocycles. The average Bonchev–Trinajstić information content (AvgIpc) is 2.56. The van der Waals surface area contributed by atoms with Crippen molar-refractivity contribution < 1.29 is 23.0 Å². The molecule has 2 aromatic rings. The first-order valence-corrected chi connectivity index (χ1v) is 7.57. The topological polar surface area (TPSA) is 38.8 Å². The number of ether oxygens (including phenoxy) is 2. The van der Waals surface area contributed by atoms with E-state index in [9.17, 15) is 13.6 Å². The SMILES string of the molecule is C[C@@H]1Oc2ccccc2O[C@H]1C(=O)N(C)Cc1ccc(F)cc1F. The summed E-state index contributed by atoms with van der Waals surface area (Å²) in [6.07, 6.45) is -1.30. The molecule has 1 heterocycles. The van der Waals surface area contributed by atoms with Gasteiger partial charge in [-0.3, -0.25) is 4.79 Å². The number of hydrogen-bond donors (Lipinski definition) is 0. The Hall–Kier alpha value is -2.63. The third-order valence-electron chi connectivity index (χ3n) is 3.88. The van der Waals surface area contributed by atoms with Gasteiger partial charge >= 0.3 is 0 Å². The second-order valence-electron chi connectivity index (χ2n) is 5.74. The van der Waals surface area contributed by atoms with E-state index in [1.54, 1.807) is 32.2 Å². The summed E-state index contributed by atoms with van der Waals surface area (Å²) in [5, 5.41) is 0. The first-order valence-electron chi connectivity index (χ1n) is 7.57. The van der Waals surface area contributed by atoms with Gasteiger partial charge in [-0.15, -0.1) is 0 Å². The number of nitrogens with zero attached hydrogens (tertiary/aromatic N) is 1. The summed E-state index contributed by atoms with van der Waals surface area (Å²) in [4.78, 5) is 14.0. The third kappa shape index (κ3) is 3.18. The first-order chi connectivity index (χ1) is 11.5. The molecule has 24 heavy (non-hydrogen) atoms. The van der Waals surface area contributed by atoms with E-state index in [4.69, 9.17) is 9.47 Å². The van der Waals surface area contributed by atoms with Crippen molar-refractivity contribution >= 4 is 5.91 Å². The van der Waals surface area contributed by atoms with Crippen LogP contribution in [0.4, 0.5) is 8.78 Å². The number of carbonyl (C=O) groups excluding carboxylic acids is 1. The van der Waals surface area contributed by atoms with Crippen LogP contribution < -0.4 is 9.47 Å². The highest BCUT2D eigenvalue weighted by atomic mass is 19.1. The fourth-order valence-electron chi connectivity index (χ4n) is 2.59. The largest absolute Gasteiger partial charge is 0.482 e. The molecule has 6 heteroatoms. The van der Waals surface area contributed by atoms with Crippen molar-refractivity contribution in [2.45, 2.75) is 25.7 Å². The standard InChI is InChI=1S/C18H17F2NO3/c1-11-17(24-16-6-4-3-5-15(16)23-11)18(22)21(2)10-12-7-8-13(19)9-14(12)20/h3-9,11,17H,10H2,1-2H3/t11-,17+/m0/s1. The minimum Gasteiger partial charge on any atom is -0.482 e. The molecule has 2 atom stereocenters. The molecule has 2 aromatic carbocycles. The maximum Gasteiger partial charge on any atom is 0.267 e. The van der Waals surface area contributed by atoms with E-state index in [0.717, 1.165) is 12.1 Å². The van der Waals surface area contributed by atoms with E-state index in [1.165, 1.54) is 11.0 Å². The molecule has 0 unspecified atom stereocenters. The normalized spacial score (nSPS) is 19.0. The Balaban J connectivity index is 1.74. The number of amides is 1. The summed E-state index contributed by atoms with van der Waals surface area (Å²) < 4.78 is 38.2. The van der Waals surface area contributed by atoms with Gasteiger partial charge in [0.2, 0.25) is 6.10 Å². The quantitative estimate of drug-likeness (QED) is 0.866. The highest BCUT2D eigenvalue weighted by Crippen LogP contribution is 2.33. The van der Waals surface area contributed by atoms with Crippen LogP contribution in [0.15, 0.2) is 42.5 Å². The molecular formula is C18H17F2NO3. The predicted molar refractivity (Wildman–Crippen MR) is 83.8 cm³/mol. The van der Waals surface area contributed by atoms with Gasteiger partial charge in [0.15, 0.2) is 11.5 Å². The monoisotopic (exact) mass is 333 g/mol. The van der Waals surface area contributed by atoms with E-state index < -0.39 is 23.8 Å². The molecule has 3 rings (SSSR count). The molecule has 4 nitrogen and oxygen atoms in total. The molecule has 0 aliphatic carbocycles. The molecule has 0 N–H and O–H groups in total. The Bertz CT molecular complexity index is 766. The van der Waals surface area contributed by atoms with E-state index in [1.807, 2.05) is 6.07 Å². The van der Waals surface area contributed by atoms with Crippen molar-refractivity contribution in [3.8, 4) is 11.5 Å². The van der Waals surface area contributed by atoms with Crippen molar-refractivity contribution in [1.82, 2.24) is 4.90 Å². The molecule has 0 saturated heterocycles. The van der Waals surface area contributed by atoms with Crippen LogP contribution in [0.5, 0.6) is 11.5 Å². The minimum absolute atomic E-state index is 0.0131. The molecule has 126 valence electrons. The molecule has 0 bridgehead atoms. The van der Waals surface area contributed by atoms with Gasteiger partial charge < -0.3 is 14.4 Å². The van der Waals surface area contributed by atoms with Gasteiger partial charge in [0, 0.05) is 25.2 Å². The van der Waals surface area contributed by atoms with E-state index >= 15 is 0 Å². The van der Waals surface area contributed by atoms with Crippen molar-refractivity contribution in [2.75, 3.05) is 7.05 Å². The summed E-state index contributed by atoms with van der Waals surface area (Å²) >= 11 is 0. The van der Waals surface area contributed by atoms with Crippen LogP contribution in [0, 0.1) is 11.6 Å². The second kappa shape index (κ2) is 6.47. The summed E-state index contributed by atoms with van der Waals surface area (Å²) in [6.45, 7) is 1.75. The summed E-state index contributed by atoms with van der Waals surface area (Å²) in [5.74, 6) is -0.592. The van der Waals surface area contributed by atoms with Crippen molar-refractivity contribution in [2.24, 2.45) is 0 Å². The molecule has 1 aliphatic heterocycles. The number of carbonyl (C=O) groups is 1. The lowest BCUT2D eigenvalue weighted by molar-refractivity contribution is -0.143. The van der Waals surface area contributed by atoms with Gasteiger partial charge in [0.1, 0.15) is 17.7 Å². The second-order valence-corrected chi connectivity index (χ2v) is 5.74. The number of para-hydroxylation sites is 2. The van der Waals surface area contributed by atoms with Crippen LogP contribution in [-0.2, 0) is 11.3 Å². The fraction of sp³-hybridized carbons (Fsp3) is 0.278. The molecular weight excluding hydrogens is 316 g/mol. The number of likely N-dealkylation sites (N-methyl/N-ethyl adjacent to an activating group) is 1. The lowest BCUT2D eigenvalue weighted by atomic mass is 10.1. The zero-order valence-corrected chi connectivity index (χ0v) is 13.3. The number of hydrogen-bond acceptors (Lipinski definition) is 3. The van der Waals surface area contributed by atoms with E-state index in [0.29, 0.717) is 11.5 Å². The Kier molecular flexibility index (Phi) is 4.38. The minimum atomic E-state index is -0.826. The molecule has 1 amide bonds. The van der Waals surface area contributed by atoms with Gasteiger partial charge in [-0.05, 0) is 25.1 Å². The molecule has 1 aliphatic rings. The van der Waals surface area contributed by atoms with Crippen LogP contribution >= 0.6 is 0 Å². The maximum atomic E-state index is 13.8. The van der Waals surface area contributed by atoms with Crippen LogP contribution in [0.25, 0.3) is 0 Å². The van der Waals surface area contributed by atoms with Crippen LogP contribution in [0.1, 0.15) is 12.5 Å². The number of rotatable bonds is 3. The zero-order chi connectivity index (χ0) is 17.3. The van der Waals surface area contributed by atoms with Gasteiger partial charge in [0.25, 0.3) is 5.91 Å². The molecule has 0 aromatic heterocycles. The first kappa shape index (κ1) is 16.2. The van der Waals surface area contributed by atoms with E-state index in [2.05, 4.69) is 0 Å². The van der Waals surface area contributed by atoms with Crippen molar-refractivity contribution in [3.05, 3.63) is 59.7 Å². The maximum absolute atomic E-state index is 13.8. The third-order valence-corrected chi connectivity index (χ3v) is 3.88. The van der Waals surface area contributed by atoms with Crippen molar-refractivity contribution in [1.29, 1.82) is 0 Å². The Morgan fingerprint density at radius 3 is 2.46 bits per heavy atom. The van der Waals surface area contributed by atoms with Gasteiger partial charge in [-0.25, -0.2) is 8.78 Å². The zero-order valence-electron chi connectivity index (χ0n) is 13.3. The summed E-state index contributed by atoms with van der Waals surface area (Å²) in [6, 6.07) is 10.4. The molecule has 0 fully saturated rings. The van der Waals surface area contributed by atoms with Gasteiger partial charge in [0.05, 0.1) is 0 Å². The lowest BCUT2D eigenvalue weighted by Crippen LogP contribution is -2.49. The highest BCUT2D eigenvalue weighted by Gasteiger charge is 2.35. The van der Waals surface area contributed by atoms with Crippen LogP contribution in [-0.4, -0.2) is 30.1 Å². The van der Waals surface area contributed by atoms with Gasteiger partial charge in [-0.2, -0.15) is 0 Å². The predicted octanol–water partition coefficient (Wildman–Crippen LogP) is 3.15. The molecule has 0 radical (unpaired) electrons. The Morgan fingerprint density at radius 1 is 1.12 bits per heavy atom.